The Morgan fingerprint density at radius 1 is 1.35 bits per heavy atom. The number of amides is 2. The maximum atomic E-state index is 12.4. The van der Waals surface area contributed by atoms with Crippen LogP contribution in [0.15, 0.2) is 0 Å². The van der Waals surface area contributed by atoms with Gasteiger partial charge in [0.1, 0.15) is 6.04 Å². The standard InChI is InChI=1S/C13H22N2O2/c1-3-10-12(17)15(9-6-11(16)14-10)13(2)7-4-5-8-13/h10H,3-9H2,1-2H3,(H,14,16). The zero-order valence-corrected chi connectivity index (χ0v) is 10.8. The van der Waals surface area contributed by atoms with Crippen LogP contribution in [0.4, 0.5) is 0 Å². The van der Waals surface area contributed by atoms with E-state index in [0.29, 0.717) is 19.4 Å². The Labute approximate surface area is 103 Å². The predicted octanol–water partition coefficient (Wildman–Crippen LogP) is 1.45. The van der Waals surface area contributed by atoms with Gasteiger partial charge in [-0.1, -0.05) is 19.8 Å². The maximum Gasteiger partial charge on any atom is 0.245 e. The Kier molecular flexibility index (Phi) is 3.40. The fourth-order valence-electron chi connectivity index (χ4n) is 3.06. The van der Waals surface area contributed by atoms with Crippen molar-refractivity contribution in [3.05, 3.63) is 0 Å². The molecule has 0 aromatic rings. The monoisotopic (exact) mass is 238 g/mol. The highest BCUT2D eigenvalue weighted by Crippen LogP contribution is 2.35. The van der Waals surface area contributed by atoms with Crippen LogP contribution in [0.25, 0.3) is 0 Å². The average Bonchev–Trinajstić information content (AvgIpc) is 2.67. The van der Waals surface area contributed by atoms with Crippen molar-refractivity contribution in [2.75, 3.05) is 6.54 Å². The van der Waals surface area contributed by atoms with Gasteiger partial charge >= 0.3 is 0 Å². The number of carbonyl (C=O) groups excluding carboxylic acids is 2. The van der Waals surface area contributed by atoms with Crippen LogP contribution in [-0.2, 0) is 9.59 Å². The van der Waals surface area contributed by atoms with Gasteiger partial charge in [0.2, 0.25) is 11.8 Å². The van der Waals surface area contributed by atoms with Gasteiger partial charge in [-0.05, 0) is 26.2 Å². The van der Waals surface area contributed by atoms with E-state index < -0.39 is 0 Å². The third kappa shape index (κ3) is 2.31. The normalized spacial score (nSPS) is 29.1. The summed E-state index contributed by atoms with van der Waals surface area (Å²) in [6.45, 7) is 4.70. The van der Waals surface area contributed by atoms with Gasteiger partial charge in [-0.15, -0.1) is 0 Å². The summed E-state index contributed by atoms with van der Waals surface area (Å²) >= 11 is 0. The van der Waals surface area contributed by atoms with Gasteiger partial charge in [-0.25, -0.2) is 0 Å². The minimum Gasteiger partial charge on any atom is -0.344 e. The summed E-state index contributed by atoms with van der Waals surface area (Å²) < 4.78 is 0. The fourth-order valence-corrected chi connectivity index (χ4v) is 3.06. The highest BCUT2D eigenvalue weighted by atomic mass is 16.2. The van der Waals surface area contributed by atoms with Gasteiger partial charge in [0.05, 0.1) is 0 Å². The Hall–Kier alpha value is -1.06. The van der Waals surface area contributed by atoms with Gasteiger partial charge in [0.25, 0.3) is 0 Å². The van der Waals surface area contributed by atoms with E-state index in [0.717, 1.165) is 12.8 Å². The van der Waals surface area contributed by atoms with Crippen molar-refractivity contribution in [3.8, 4) is 0 Å². The average molecular weight is 238 g/mol. The van der Waals surface area contributed by atoms with Crippen LogP contribution < -0.4 is 5.32 Å². The summed E-state index contributed by atoms with van der Waals surface area (Å²) in [6.07, 6.45) is 5.65. The van der Waals surface area contributed by atoms with Crippen LogP contribution in [0.5, 0.6) is 0 Å². The summed E-state index contributed by atoms with van der Waals surface area (Å²) in [4.78, 5) is 26.0. The molecule has 0 aromatic carbocycles. The van der Waals surface area contributed by atoms with E-state index in [-0.39, 0.29) is 23.4 Å². The van der Waals surface area contributed by atoms with Crippen LogP contribution >= 0.6 is 0 Å². The van der Waals surface area contributed by atoms with E-state index in [9.17, 15) is 9.59 Å². The van der Waals surface area contributed by atoms with Crippen molar-refractivity contribution in [2.45, 2.75) is 64.0 Å². The quantitative estimate of drug-likeness (QED) is 0.791. The molecule has 1 aliphatic carbocycles. The number of carbonyl (C=O) groups is 2. The number of nitrogens with zero attached hydrogens (tertiary/aromatic N) is 1. The van der Waals surface area contributed by atoms with Crippen LogP contribution in [-0.4, -0.2) is 34.8 Å². The number of hydrogen-bond acceptors (Lipinski definition) is 2. The molecule has 1 heterocycles. The van der Waals surface area contributed by atoms with Crippen molar-refractivity contribution in [1.29, 1.82) is 0 Å². The first-order chi connectivity index (χ1) is 8.07. The van der Waals surface area contributed by atoms with Crippen LogP contribution in [0.3, 0.4) is 0 Å². The van der Waals surface area contributed by atoms with Gasteiger partial charge in [-0.2, -0.15) is 0 Å². The molecule has 96 valence electrons. The second-order valence-corrected chi connectivity index (χ2v) is 5.47. The molecular weight excluding hydrogens is 216 g/mol. The number of hydrogen-bond donors (Lipinski definition) is 1. The first-order valence-electron chi connectivity index (χ1n) is 6.68. The molecule has 2 rings (SSSR count). The molecule has 0 bridgehead atoms. The largest absolute Gasteiger partial charge is 0.344 e. The lowest BCUT2D eigenvalue weighted by Gasteiger charge is -2.39. The van der Waals surface area contributed by atoms with E-state index in [1.165, 1.54) is 12.8 Å². The van der Waals surface area contributed by atoms with E-state index in [2.05, 4.69) is 12.2 Å². The predicted molar refractivity (Wildman–Crippen MR) is 65.4 cm³/mol. The third-order valence-electron chi connectivity index (χ3n) is 4.20. The summed E-state index contributed by atoms with van der Waals surface area (Å²) in [5, 5.41) is 2.82. The zero-order chi connectivity index (χ0) is 12.5. The molecule has 17 heavy (non-hydrogen) atoms. The molecule has 4 nitrogen and oxygen atoms in total. The first kappa shape index (κ1) is 12.4. The van der Waals surface area contributed by atoms with E-state index in [1.54, 1.807) is 0 Å². The molecule has 0 aromatic heterocycles. The molecule has 1 saturated carbocycles. The number of nitrogens with one attached hydrogen (secondary N) is 1. The highest BCUT2D eigenvalue weighted by molar-refractivity contribution is 5.90. The Morgan fingerprint density at radius 3 is 2.59 bits per heavy atom. The summed E-state index contributed by atoms with van der Waals surface area (Å²) in [7, 11) is 0. The summed E-state index contributed by atoms with van der Waals surface area (Å²) in [5.41, 5.74) is -0.0171. The molecule has 0 spiro atoms. The van der Waals surface area contributed by atoms with Gasteiger partial charge in [0, 0.05) is 18.5 Å². The molecule has 1 aliphatic heterocycles. The molecule has 4 heteroatoms. The highest BCUT2D eigenvalue weighted by Gasteiger charge is 2.41. The summed E-state index contributed by atoms with van der Waals surface area (Å²) in [5.74, 6) is 0.122. The molecular formula is C13H22N2O2. The van der Waals surface area contributed by atoms with E-state index in [4.69, 9.17) is 0 Å². The fraction of sp³-hybridized carbons (Fsp3) is 0.846. The van der Waals surface area contributed by atoms with Crippen LogP contribution in [0.1, 0.15) is 52.4 Å². The topological polar surface area (TPSA) is 49.4 Å². The smallest absolute Gasteiger partial charge is 0.245 e. The maximum absolute atomic E-state index is 12.4. The van der Waals surface area contributed by atoms with Gasteiger partial charge in [0.15, 0.2) is 0 Å². The Balaban J connectivity index is 2.20. The first-order valence-corrected chi connectivity index (χ1v) is 6.68. The zero-order valence-electron chi connectivity index (χ0n) is 10.8. The molecule has 1 N–H and O–H groups in total. The molecule has 1 atom stereocenters. The number of rotatable bonds is 2. The van der Waals surface area contributed by atoms with Crippen molar-refractivity contribution in [2.24, 2.45) is 0 Å². The molecule has 1 unspecified atom stereocenters. The van der Waals surface area contributed by atoms with Crippen LogP contribution in [0, 0.1) is 0 Å². The Bertz CT molecular complexity index is 321. The van der Waals surface area contributed by atoms with Gasteiger partial charge < -0.3 is 10.2 Å². The second kappa shape index (κ2) is 4.67. The minimum absolute atomic E-state index is 0.00861. The summed E-state index contributed by atoms with van der Waals surface area (Å²) in [6, 6.07) is -0.317. The van der Waals surface area contributed by atoms with Gasteiger partial charge in [-0.3, -0.25) is 9.59 Å². The minimum atomic E-state index is -0.317. The molecule has 0 radical (unpaired) electrons. The Morgan fingerprint density at radius 2 is 2.00 bits per heavy atom. The van der Waals surface area contributed by atoms with E-state index >= 15 is 0 Å². The lowest BCUT2D eigenvalue weighted by atomic mass is 9.96. The molecule has 2 aliphatic rings. The molecule has 1 saturated heterocycles. The molecule has 2 fully saturated rings. The van der Waals surface area contributed by atoms with Crippen molar-refractivity contribution < 1.29 is 9.59 Å². The second-order valence-electron chi connectivity index (χ2n) is 5.47. The van der Waals surface area contributed by atoms with E-state index in [1.807, 2.05) is 11.8 Å². The molecule has 2 amide bonds. The van der Waals surface area contributed by atoms with Crippen molar-refractivity contribution in [3.63, 3.8) is 0 Å². The third-order valence-corrected chi connectivity index (χ3v) is 4.20. The van der Waals surface area contributed by atoms with Crippen molar-refractivity contribution >= 4 is 11.8 Å². The van der Waals surface area contributed by atoms with Crippen LogP contribution in [0.2, 0.25) is 0 Å². The lowest BCUT2D eigenvalue weighted by molar-refractivity contribution is -0.138. The van der Waals surface area contributed by atoms with Crippen molar-refractivity contribution in [1.82, 2.24) is 10.2 Å². The SMILES string of the molecule is CCC1NC(=O)CCN(C2(C)CCCC2)C1=O. The lowest BCUT2D eigenvalue weighted by Crippen LogP contribution is -2.53.